The van der Waals surface area contributed by atoms with Crippen molar-refractivity contribution >= 4 is 23.4 Å². The molecule has 1 saturated carbocycles. The number of hydrogen-bond donors (Lipinski definition) is 1. The van der Waals surface area contributed by atoms with Gasteiger partial charge in [0.25, 0.3) is 0 Å². The predicted molar refractivity (Wildman–Crippen MR) is 109 cm³/mol. The van der Waals surface area contributed by atoms with Crippen LogP contribution in [0, 0.1) is 5.82 Å². The van der Waals surface area contributed by atoms with Crippen molar-refractivity contribution in [2.75, 3.05) is 11.1 Å². The maximum Gasteiger partial charge on any atom is 0.234 e. The summed E-state index contributed by atoms with van der Waals surface area (Å²) in [5.74, 6) is 0.329. The van der Waals surface area contributed by atoms with Crippen molar-refractivity contribution in [2.24, 2.45) is 0 Å². The average molecular weight is 396 g/mol. The molecule has 0 saturated heterocycles. The van der Waals surface area contributed by atoms with E-state index in [1.54, 1.807) is 18.2 Å². The molecule has 0 radical (unpaired) electrons. The van der Waals surface area contributed by atoms with Gasteiger partial charge in [0.05, 0.1) is 11.3 Å². The Hall–Kier alpha value is -2.67. The topological polar surface area (TPSA) is 59.8 Å². The molecular formula is C21H21FN4OS. The lowest BCUT2D eigenvalue weighted by Crippen LogP contribution is -2.14. The summed E-state index contributed by atoms with van der Waals surface area (Å²) >= 11 is 1.33. The fourth-order valence-electron chi connectivity index (χ4n) is 3.06. The number of carbonyl (C=O) groups excluding carboxylic acids is 1. The second kappa shape index (κ2) is 8.14. The van der Waals surface area contributed by atoms with Crippen LogP contribution < -0.4 is 5.32 Å². The van der Waals surface area contributed by atoms with E-state index in [9.17, 15) is 9.18 Å². The first-order valence-electron chi connectivity index (χ1n) is 9.37. The summed E-state index contributed by atoms with van der Waals surface area (Å²) in [6.45, 7) is 2.08. The Morgan fingerprint density at radius 2 is 2.04 bits per heavy atom. The number of nitrogens with zero attached hydrogens (tertiary/aromatic N) is 3. The molecule has 144 valence electrons. The summed E-state index contributed by atoms with van der Waals surface area (Å²) < 4.78 is 16.2. The van der Waals surface area contributed by atoms with Gasteiger partial charge in [0, 0.05) is 11.7 Å². The van der Waals surface area contributed by atoms with Gasteiger partial charge in [-0.25, -0.2) is 4.39 Å². The number of nitrogens with one attached hydrogen (secondary N) is 1. The summed E-state index contributed by atoms with van der Waals surface area (Å²) in [4.78, 5) is 12.4. The quantitative estimate of drug-likeness (QED) is 0.588. The van der Waals surface area contributed by atoms with E-state index in [-0.39, 0.29) is 23.5 Å². The molecule has 0 bridgehead atoms. The van der Waals surface area contributed by atoms with Crippen LogP contribution in [0.1, 0.15) is 31.4 Å². The smallest absolute Gasteiger partial charge is 0.234 e. The van der Waals surface area contributed by atoms with E-state index in [1.165, 1.54) is 23.4 Å². The van der Waals surface area contributed by atoms with Crippen LogP contribution in [0.25, 0.3) is 11.4 Å². The number of halogens is 1. The van der Waals surface area contributed by atoms with E-state index < -0.39 is 0 Å². The summed E-state index contributed by atoms with van der Waals surface area (Å²) in [6.07, 6.45) is 2.95. The largest absolute Gasteiger partial charge is 0.325 e. The minimum absolute atomic E-state index is 0.101. The van der Waals surface area contributed by atoms with Crippen molar-refractivity contribution in [3.8, 4) is 11.4 Å². The Labute approximate surface area is 167 Å². The van der Waals surface area contributed by atoms with E-state index in [0.29, 0.717) is 16.5 Å². The Morgan fingerprint density at radius 3 is 2.79 bits per heavy atom. The van der Waals surface area contributed by atoms with Crippen molar-refractivity contribution in [1.29, 1.82) is 0 Å². The van der Waals surface area contributed by atoms with E-state index in [1.807, 2.05) is 28.8 Å². The number of aromatic nitrogens is 3. The number of amides is 1. The molecule has 2 aromatic carbocycles. The third kappa shape index (κ3) is 4.09. The SMILES string of the molecule is CCc1cccc(NC(=O)CSc2nnc(-c3ccccc3F)n2C2CC2)c1. The van der Waals surface area contributed by atoms with Crippen LogP contribution in [0.2, 0.25) is 0 Å². The van der Waals surface area contributed by atoms with Gasteiger partial charge in [0.1, 0.15) is 5.82 Å². The van der Waals surface area contributed by atoms with Crippen LogP contribution in [0.3, 0.4) is 0 Å². The third-order valence-electron chi connectivity index (χ3n) is 4.64. The lowest BCUT2D eigenvalue weighted by molar-refractivity contribution is -0.113. The molecule has 5 nitrogen and oxygen atoms in total. The van der Waals surface area contributed by atoms with Gasteiger partial charge in [-0.15, -0.1) is 10.2 Å². The lowest BCUT2D eigenvalue weighted by Gasteiger charge is -2.10. The lowest BCUT2D eigenvalue weighted by atomic mass is 10.1. The molecule has 1 N–H and O–H groups in total. The monoisotopic (exact) mass is 396 g/mol. The molecule has 3 aromatic rings. The first-order chi connectivity index (χ1) is 13.7. The molecule has 7 heteroatoms. The van der Waals surface area contributed by atoms with Gasteiger partial charge in [0.2, 0.25) is 5.91 Å². The van der Waals surface area contributed by atoms with Crippen LogP contribution in [0.4, 0.5) is 10.1 Å². The zero-order valence-electron chi connectivity index (χ0n) is 15.6. The fourth-order valence-corrected chi connectivity index (χ4v) is 3.87. The molecule has 28 heavy (non-hydrogen) atoms. The molecule has 0 aliphatic heterocycles. The number of anilines is 1. The fraction of sp³-hybridized carbons (Fsp3) is 0.286. The van der Waals surface area contributed by atoms with Gasteiger partial charge in [-0.3, -0.25) is 9.36 Å². The summed E-state index contributed by atoms with van der Waals surface area (Å²) in [7, 11) is 0. The Morgan fingerprint density at radius 1 is 1.21 bits per heavy atom. The molecule has 1 aliphatic carbocycles. The molecule has 0 atom stereocenters. The van der Waals surface area contributed by atoms with Gasteiger partial charge in [-0.2, -0.15) is 0 Å². The highest BCUT2D eigenvalue weighted by Crippen LogP contribution is 2.41. The Balaban J connectivity index is 1.48. The van der Waals surface area contributed by atoms with Crippen LogP contribution in [-0.2, 0) is 11.2 Å². The van der Waals surface area contributed by atoms with Crippen molar-refractivity contribution < 1.29 is 9.18 Å². The molecule has 0 spiro atoms. The number of benzene rings is 2. The van der Waals surface area contributed by atoms with Gasteiger partial charge in [-0.05, 0) is 49.1 Å². The van der Waals surface area contributed by atoms with E-state index >= 15 is 0 Å². The van der Waals surface area contributed by atoms with Crippen LogP contribution in [0.5, 0.6) is 0 Å². The minimum atomic E-state index is -0.318. The highest BCUT2D eigenvalue weighted by atomic mass is 32.2. The van der Waals surface area contributed by atoms with Gasteiger partial charge in [0.15, 0.2) is 11.0 Å². The Bertz CT molecular complexity index is 1000. The zero-order chi connectivity index (χ0) is 19.5. The molecule has 1 amide bonds. The van der Waals surface area contributed by atoms with Gasteiger partial charge in [-0.1, -0.05) is 43.0 Å². The zero-order valence-corrected chi connectivity index (χ0v) is 16.4. The molecule has 4 rings (SSSR count). The number of thioether (sulfide) groups is 1. The minimum Gasteiger partial charge on any atom is -0.325 e. The summed E-state index contributed by atoms with van der Waals surface area (Å²) in [5, 5.41) is 12.0. The molecular weight excluding hydrogens is 375 g/mol. The highest BCUT2D eigenvalue weighted by Gasteiger charge is 2.31. The second-order valence-electron chi connectivity index (χ2n) is 6.78. The summed E-state index contributed by atoms with van der Waals surface area (Å²) in [6, 6.07) is 14.7. The highest BCUT2D eigenvalue weighted by molar-refractivity contribution is 7.99. The van der Waals surface area contributed by atoms with Gasteiger partial charge < -0.3 is 5.32 Å². The summed E-state index contributed by atoms with van der Waals surface area (Å²) in [5.41, 5.74) is 2.41. The van der Waals surface area contributed by atoms with Crippen molar-refractivity contribution in [2.45, 2.75) is 37.4 Å². The third-order valence-corrected chi connectivity index (χ3v) is 5.59. The van der Waals surface area contributed by atoms with Crippen molar-refractivity contribution in [3.05, 3.63) is 59.9 Å². The Kier molecular flexibility index (Phi) is 5.43. The maximum atomic E-state index is 14.2. The number of carbonyl (C=O) groups is 1. The van der Waals surface area contributed by atoms with E-state index in [0.717, 1.165) is 24.9 Å². The predicted octanol–water partition coefficient (Wildman–Crippen LogP) is 4.71. The van der Waals surface area contributed by atoms with Crippen LogP contribution >= 0.6 is 11.8 Å². The molecule has 1 aromatic heterocycles. The first kappa shape index (κ1) is 18.7. The van der Waals surface area contributed by atoms with Crippen LogP contribution in [0.15, 0.2) is 53.7 Å². The number of hydrogen-bond acceptors (Lipinski definition) is 4. The van der Waals surface area contributed by atoms with Crippen molar-refractivity contribution in [1.82, 2.24) is 14.8 Å². The molecule has 1 aliphatic rings. The molecule has 1 heterocycles. The van der Waals surface area contributed by atoms with Crippen LogP contribution in [-0.4, -0.2) is 26.4 Å². The van der Waals surface area contributed by atoms with Crippen molar-refractivity contribution in [3.63, 3.8) is 0 Å². The normalized spacial score (nSPS) is 13.5. The molecule has 1 fully saturated rings. The van der Waals surface area contributed by atoms with Gasteiger partial charge >= 0.3 is 0 Å². The molecule has 0 unspecified atom stereocenters. The number of aryl methyl sites for hydroxylation is 1. The second-order valence-corrected chi connectivity index (χ2v) is 7.72. The maximum absolute atomic E-state index is 14.2. The van der Waals surface area contributed by atoms with E-state index in [2.05, 4.69) is 22.4 Å². The standard InChI is InChI=1S/C21H21FN4OS/c1-2-14-6-5-7-15(12-14)23-19(27)13-28-21-25-24-20(26(21)16-10-11-16)17-8-3-4-9-18(17)22/h3-9,12,16H,2,10-11,13H2,1H3,(H,23,27). The number of rotatable bonds is 7. The van der Waals surface area contributed by atoms with E-state index in [4.69, 9.17) is 0 Å². The average Bonchev–Trinajstić information content (AvgIpc) is 3.46. The first-order valence-corrected chi connectivity index (χ1v) is 10.4.